The van der Waals surface area contributed by atoms with Crippen molar-refractivity contribution in [3.63, 3.8) is 0 Å². The first kappa shape index (κ1) is 12.9. The minimum atomic E-state index is 0.735. The Morgan fingerprint density at radius 1 is 1.47 bits per heavy atom. The molecule has 0 atom stereocenters. The zero-order chi connectivity index (χ0) is 13.2. The molecule has 5 heteroatoms. The molecule has 1 aliphatic rings. The molecule has 0 radical (unpaired) electrons. The summed E-state index contributed by atoms with van der Waals surface area (Å²) in [4.78, 5) is 8.33. The molecule has 0 bridgehead atoms. The van der Waals surface area contributed by atoms with E-state index in [-0.39, 0.29) is 0 Å². The second-order valence-electron chi connectivity index (χ2n) is 5.17. The highest BCUT2D eigenvalue weighted by molar-refractivity contribution is 7.15. The van der Waals surface area contributed by atoms with Gasteiger partial charge in [0.2, 0.25) is 0 Å². The molecule has 4 nitrogen and oxygen atoms in total. The highest BCUT2D eigenvalue weighted by Gasteiger charge is 2.23. The summed E-state index contributed by atoms with van der Waals surface area (Å²) in [6, 6.07) is 0.735. The van der Waals surface area contributed by atoms with E-state index in [4.69, 9.17) is 4.98 Å². The van der Waals surface area contributed by atoms with Crippen LogP contribution in [-0.2, 0) is 6.54 Å². The van der Waals surface area contributed by atoms with Crippen molar-refractivity contribution in [2.45, 2.75) is 45.7 Å². The van der Waals surface area contributed by atoms with Crippen LogP contribution in [0.15, 0.2) is 11.6 Å². The van der Waals surface area contributed by atoms with Crippen LogP contribution in [-0.4, -0.2) is 28.5 Å². The van der Waals surface area contributed by atoms with Crippen molar-refractivity contribution in [1.29, 1.82) is 0 Å². The van der Waals surface area contributed by atoms with Crippen LogP contribution in [0.2, 0.25) is 0 Å². The zero-order valence-electron chi connectivity index (χ0n) is 11.7. The van der Waals surface area contributed by atoms with Gasteiger partial charge in [0.25, 0.3) is 0 Å². The standard InChI is InChI=1S/C14H22N4S/c1-3-7-17(4-2)13-12(10-15-11-5-6-11)18-8-9-19-14(18)16-13/h8-9,11,15H,3-7,10H2,1-2H3. The Hall–Kier alpha value is -1.07. The predicted molar refractivity (Wildman–Crippen MR) is 81.1 cm³/mol. The number of anilines is 1. The maximum Gasteiger partial charge on any atom is 0.195 e. The Labute approximate surface area is 118 Å². The van der Waals surface area contributed by atoms with Gasteiger partial charge in [-0.2, -0.15) is 0 Å². The van der Waals surface area contributed by atoms with E-state index in [2.05, 4.69) is 40.0 Å². The summed E-state index contributed by atoms with van der Waals surface area (Å²) in [6.45, 7) is 7.47. The molecule has 1 N–H and O–H groups in total. The average Bonchev–Trinajstić information content (AvgIpc) is 3.02. The fourth-order valence-corrected chi connectivity index (χ4v) is 3.18. The van der Waals surface area contributed by atoms with Gasteiger partial charge >= 0.3 is 0 Å². The van der Waals surface area contributed by atoms with Crippen molar-refractivity contribution in [2.24, 2.45) is 0 Å². The maximum atomic E-state index is 4.83. The van der Waals surface area contributed by atoms with Gasteiger partial charge in [-0.25, -0.2) is 4.98 Å². The molecule has 19 heavy (non-hydrogen) atoms. The molecule has 2 heterocycles. The van der Waals surface area contributed by atoms with Crippen molar-refractivity contribution < 1.29 is 0 Å². The summed E-state index contributed by atoms with van der Waals surface area (Å²) in [5, 5.41) is 5.73. The number of nitrogens with zero attached hydrogens (tertiary/aromatic N) is 3. The fourth-order valence-electron chi connectivity index (χ4n) is 2.45. The van der Waals surface area contributed by atoms with Crippen LogP contribution in [0.3, 0.4) is 0 Å². The molecule has 0 unspecified atom stereocenters. The smallest absolute Gasteiger partial charge is 0.195 e. The van der Waals surface area contributed by atoms with Crippen LogP contribution in [0.4, 0.5) is 5.82 Å². The zero-order valence-corrected chi connectivity index (χ0v) is 12.5. The van der Waals surface area contributed by atoms with Crippen molar-refractivity contribution in [1.82, 2.24) is 14.7 Å². The monoisotopic (exact) mass is 278 g/mol. The van der Waals surface area contributed by atoms with Gasteiger partial charge in [0, 0.05) is 37.3 Å². The summed E-state index contributed by atoms with van der Waals surface area (Å²) in [5.41, 5.74) is 1.32. The van der Waals surface area contributed by atoms with Gasteiger partial charge in [-0.1, -0.05) is 6.92 Å². The van der Waals surface area contributed by atoms with Gasteiger partial charge in [0.15, 0.2) is 10.8 Å². The first-order chi connectivity index (χ1) is 9.33. The SMILES string of the molecule is CCCN(CC)c1nc2sccn2c1CNC1CC1. The van der Waals surface area contributed by atoms with Gasteiger partial charge in [0.05, 0.1) is 5.69 Å². The second-order valence-corrected chi connectivity index (χ2v) is 6.05. The largest absolute Gasteiger partial charge is 0.355 e. The van der Waals surface area contributed by atoms with Gasteiger partial charge in [-0.3, -0.25) is 4.40 Å². The lowest BCUT2D eigenvalue weighted by Gasteiger charge is -2.21. The Morgan fingerprint density at radius 2 is 2.32 bits per heavy atom. The first-order valence-electron chi connectivity index (χ1n) is 7.26. The van der Waals surface area contributed by atoms with Gasteiger partial charge in [-0.05, 0) is 26.2 Å². The van der Waals surface area contributed by atoms with Crippen LogP contribution >= 0.6 is 11.3 Å². The number of thiazole rings is 1. The summed E-state index contributed by atoms with van der Waals surface area (Å²) in [6.07, 6.45) is 5.95. The third kappa shape index (κ3) is 2.62. The molecule has 0 aromatic carbocycles. The van der Waals surface area contributed by atoms with E-state index in [1.165, 1.54) is 24.4 Å². The number of hydrogen-bond donors (Lipinski definition) is 1. The third-order valence-corrected chi connectivity index (χ3v) is 4.41. The number of rotatable bonds is 7. The second kappa shape index (κ2) is 5.51. The molecular formula is C14H22N4S. The van der Waals surface area contributed by atoms with Gasteiger partial charge < -0.3 is 10.2 Å². The van der Waals surface area contributed by atoms with Crippen molar-refractivity contribution in [2.75, 3.05) is 18.0 Å². The van der Waals surface area contributed by atoms with E-state index in [9.17, 15) is 0 Å². The average molecular weight is 278 g/mol. The Bertz CT molecular complexity index is 541. The van der Waals surface area contributed by atoms with E-state index < -0.39 is 0 Å². The van der Waals surface area contributed by atoms with Crippen LogP contribution in [0.1, 0.15) is 38.8 Å². The quantitative estimate of drug-likeness (QED) is 0.845. The number of aromatic nitrogens is 2. The Morgan fingerprint density at radius 3 is 3.00 bits per heavy atom. The Kier molecular flexibility index (Phi) is 3.75. The van der Waals surface area contributed by atoms with Gasteiger partial charge in [-0.15, -0.1) is 11.3 Å². The molecule has 0 amide bonds. The molecule has 2 aromatic heterocycles. The molecule has 3 rings (SSSR count). The molecule has 0 spiro atoms. The van der Waals surface area contributed by atoms with Crippen LogP contribution < -0.4 is 10.2 Å². The number of imidazole rings is 1. The summed E-state index contributed by atoms with van der Waals surface area (Å²) in [7, 11) is 0. The van der Waals surface area contributed by atoms with Crippen molar-refractivity contribution >= 4 is 22.1 Å². The topological polar surface area (TPSA) is 32.6 Å². The lowest BCUT2D eigenvalue weighted by molar-refractivity contribution is 0.665. The highest BCUT2D eigenvalue weighted by Crippen LogP contribution is 2.26. The first-order valence-corrected chi connectivity index (χ1v) is 8.14. The number of nitrogens with one attached hydrogen (secondary N) is 1. The molecule has 1 fully saturated rings. The lowest BCUT2D eigenvalue weighted by Crippen LogP contribution is -2.26. The Balaban J connectivity index is 1.90. The maximum absolute atomic E-state index is 4.83. The van der Waals surface area contributed by atoms with Crippen molar-refractivity contribution in [3.05, 3.63) is 17.3 Å². The van der Waals surface area contributed by atoms with E-state index >= 15 is 0 Å². The van der Waals surface area contributed by atoms with Crippen LogP contribution in [0, 0.1) is 0 Å². The number of fused-ring (bicyclic) bond motifs is 1. The van der Waals surface area contributed by atoms with Crippen LogP contribution in [0.25, 0.3) is 4.96 Å². The van der Waals surface area contributed by atoms with E-state index in [1.54, 1.807) is 11.3 Å². The van der Waals surface area contributed by atoms with Crippen molar-refractivity contribution in [3.8, 4) is 0 Å². The highest BCUT2D eigenvalue weighted by atomic mass is 32.1. The molecule has 1 aliphatic carbocycles. The molecule has 2 aromatic rings. The third-order valence-electron chi connectivity index (χ3n) is 3.65. The summed E-state index contributed by atoms with van der Waals surface area (Å²) < 4.78 is 2.24. The molecule has 0 saturated heterocycles. The van der Waals surface area contributed by atoms with E-state index in [0.717, 1.165) is 37.1 Å². The normalized spacial score (nSPS) is 15.3. The minimum Gasteiger partial charge on any atom is -0.355 e. The molecule has 104 valence electrons. The fraction of sp³-hybridized carbons (Fsp3) is 0.643. The van der Waals surface area contributed by atoms with E-state index in [0.29, 0.717) is 0 Å². The molecule has 0 aliphatic heterocycles. The predicted octanol–water partition coefficient (Wildman–Crippen LogP) is 2.88. The van der Waals surface area contributed by atoms with E-state index in [1.807, 2.05) is 0 Å². The lowest BCUT2D eigenvalue weighted by atomic mass is 10.3. The minimum absolute atomic E-state index is 0.735. The number of hydrogen-bond acceptors (Lipinski definition) is 4. The summed E-state index contributed by atoms with van der Waals surface area (Å²) >= 11 is 1.72. The summed E-state index contributed by atoms with van der Waals surface area (Å²) in [5.74, 6) is 1.17. The van der Waals surface area contributed by atoms with Crippen LogP contribution in [0.5, 0.6) is 0 Å². The molecular weight excluding hydrogens is 256 g/mol. The molecule has 1 saturated carbocycles. The van der Waals surface area contributed by atoms with Gasteiger partial charge in [0.1, 0.15) is 0 Å².